The molecule has 0 bridgehead atoms. The van der Waals surface area contributed by atoms with Gasteiger partial charge >= 0.3 is 0 Å². The number of aromatic nitrogens is 2. The maximum absolute atomic E-state index is 5.71. The third-order valence-electron chi connectivity index (χ3n) is 4.17. The number of nitrogens with zero attached hydrogens (tertiary/aromatic N) is 2. The molecule has 0 aliphatic rings. The molecule has 140 valence electrons. The Morgan fingerprint density at radius 2 is 1.44 bits per heavy atom. The number of unbranched alkanes of at least 4 members (excludes halogenated alkanes) is 1. The highest BCUT2D eigenvalue weighted by Crippen LogP contribution is 2.24. The summed E-state index contributed by atoms with van der Waals surface area (Å²) in [7, 11) is 0. The highest BCUT2D eigenvalue weighted by molar-refractivity contribution is 5.64. The maximum Gasteiger partial charge on any atom is 0.159 e. The molecule has 0 aliphatic carbocycles. The van der Waals surface area contributed by atoms with E-state index < -0.39 is 0 Å². The highest BCUT2D eigenvalue weighted by atomic mass is 16.5. The van der Waals surface area contributed by atoms with Crippen LogP contribution in [0.2, 0.25) is 0 Å². The molecule has 0 atom stereocenters. The minimum atomic E-state index is 0.695. The minimum absolute atomic E-state index is 0.695. The Morgan fingerprint density at radius 1 is 0.704 bits per heavy atom. The lowest BCUT2D eigenvalue weighted by Crippen LogP contribution is -1.96. The lowest BCUT2D eigenvalue weighted by molar-refractivity contribution is 0.309. The van der Waals surface area contributed by atoms with Crippen molar-refractivity contribution in [2.75, 3.05) is 13.2 Å². The van der Waals surface area contributed by atoms with E-state index in [-0.39, 0.29) is 0 Å². The zero-order valence-corrected chi connectivity index (χ0v) is 16.0. The van der Waals surface area contributed by atoms with Crippen LogP contribution in [0.5, 0.6) is 11.5 Å². The van der Waals surface area contributed by atoms with Gasteiger partial charge in [-0.3, -0.25) is 0 Å². The van der Waals surface area contributed by atoms with Crippen molar-refractivity contribution < 1.29 is 9.47 Å². The highest BCUT2D eigenvalue weighted by Gasteiger charge is 2.05. The number of hydrogen-bond acceptors (Lipinski definition) is 4. The second-order valence-electron chi connectivity index (χ2n) is 6.40. The van der Waals surface area contributed by atoms with Crippen molar-refractivity contribution in [2.24, 2.45) is 0 Å². The van der Waals surface area contributed by atoms with Gasteiger partial charge in [-0.25, -0.2) is 9.97 Å². The Hall–Kier alpha value is -2.88. The third-order valence-corrected chi connectivity index (χ3v) is 4.17. The summed E-state index contributed by atoms with van der Waals surface area (Å²) in [6, 6.07) is 16.0. The topological polar surface area (TPSA) is 44.2 Å². The molecule has 3 aromatic rings. The predicted octanol–water partition coefficient (Wildman–Crippen LogP) is 5.78. The van der Waals surface area contributed by atoms with Gasteiger partial charge in [0, 0.05) is 23.5 Å². The first-order valence-corrected chi connectivity index (χ1v) is 9.58. The molecule has 4 nitrogen and oxygen atoms in total. The largest absolute Gasteiger partial charge is 0.494 e. The van der Waals surface area contributed by atoms with E-state index >= 15 is 0 Å². The van der Waals surface area contributed by atoms with Gasteiger partial charge in [-0.1, -0.05) is 44.5 Å². The van der Waals surface area contributed by atoms with Crippen LogP contribution in [0.1, 0.15) is 33.1 Å². The summed E-state index contributed by atoms with van der Waals surface area (Å²) in [5.41, 5.74) is 3.01. The number of benzene rings is 2. The lowest BCUT2D eigenvalue weighted by atomic mass is 10.1. The van der Waals surface area contributed by atoms with Crippen LogP contribution in [0.3, 0.4) is 0 Å². The van der Waals surface area contributed by atoms with E-state index in [0.29, 0.717) is 12.4 Å². The van der Waals surface area contributed by atoms with Crippen molar-refractivity contribution in [3.05, 3.63) is 60.9 Å². The normalized spacial score (nSPS) is 10.6. The predicted molar refractivity (Wildman–Crippen MR) is 109 cm³/mol. The van der Waals surface area contributed by atoms with E-state index in [0.717, 1.165) is 54.1 Å². The van der Waals surface area contributed by atoms with Gasteiger partial charge in [-0.05, 0) is 42.7 Å². The molecule has 3 rings (SSSR count). The average Bonchev–Trinajstić information content (AvgIpc) is 2.73. The molecule has 0 N–H and O–H groups in total. The standard InChI is InChI=1S/C23H26N2O2/c1-3-5-14-27-21-11-9-18(10-12-21)20-16-24-23(25-17-20)19-7-6-8-22(15-19)26-13-4-2/h6-12,15-17H,3-5,13-14H2,1-2H3. The Balaban J connectivity index is 1.70. The Labute approximate surface area is 161 Å². The van der Waals surface area contributed by atoms with Crippen molar-refractivity contribution in [1.82, 2.24) is 9.97 Å². The van der Waals surface area contributed by atoms with Crippen molar-refractivity contribution in [3.8, 4) is 34.0 Å². The SMILES string of the molecule is CCCCOc1ccc(-c2cnc(-c3cccc(OCCC)c3)nc2)cc1. The maximum atomic E-state index is 5.71. The molecule has 0 fully saturated rings. The summed E-state index contributed by atoms with van der Waals surface area (Å²) < 4.78 is 11.4. The van der Waals surface area contributed by atoms with Crippen molar-refractivity contribution in [3.63, 3.8) is 0 Å². The number of hydrogen-bond donors (Lipinski definition) is 0. The first-order chi connectivity index (χ1) is 13.3. The van der Waals surface area contributed by atoms with E-state index in [1.54, 1.807) is 0 Å². The quantitative estimate of drug-likeness (QED) is 0.453. The molecule has 0 saturated heterocycles. The van der Waals surface area contributed by atoms with Crippen LogP contribution >= 0.6 is 0 Å². The van der Waals surface area contributed by atoms with E-state index in [1.807, 2.05) is 60.9 Å². The van der Waals surface area contributed by atoms with Gasteiger partial charge in [0.2, 0.25) is 0 Å². The van der Waals surface area contributed by atoms with E-state index in [2.05, 4.69) is 23.8 Å². The fraction of sp³-hybridized carbons (Fsp3) is 0.304. The fourth-order valence-electron chi connectivity index (χ4n) is 2.65. The van der Waals surface area contributed by atoms with E-state index in [9.17, 15) is 0 Å². The monoisotopic (exact) mass is 362 g/mol. The van der Waals surface area contributed by atoms with Crippen LogP contribution in [0.15, 0.2) is 60.9 Å². The molecule has 0 spiro atoms. The smallest absolute Gasteiger partial charge is 0.159 e. The fourth-order valence-corrected chi connectivity index (χ4v) is 2.65. The second kappa shape index (κ2) is 9.72. The lowest BCUT2D eigenvalue weighted by Gasteiger charge is -2.08. The van der Waals surface area contributed by atoms with Gasteiger partial charge in [-0.15, -0.1) is 0 Å². The Bertz CT molecular complexity index is 830. The molecular formula is C23H26N2O2. The van der Waals surface area contributed by atoms with Gasteiger partial charge in [0.15, 0.2) is 5.82 Å². The molecule has 0 radical (unpaired) electrons. The van der Waals surface area contributed by atoms with Crippen molar-refractivity contribution in [1.29, 1.82) is 0 Å². The molecule has 27 heavy (non-hydrogen) atoms. The van der Waals surface area contributed by atoms with Crippen molar-refractivity contribution >= 4 is 0 Å². The minimum Gasteiger partial charge on any atom is -0.494 e. The summed E-state index contributed by atoms with van der Waals surface area (Å²) in [5, 5.41) is 0. The molecule has 1 heterocycles. The van der Waals surface area contributed by atoms with E-state index in [4.69, 9.17) is 9.47 Å². The second-order valence-corrected chi connectivity index (χ2v) is 6.40. The summed E-state index contributed by atoms with van der Waals surface area (Å²) in [4.78, 5) is 9.06. The molecule has 1 aromatic heterocycles. The van der Waals surface area contributed by atoms with Crippen LogP contribution in [0.25, 0.3) is 22.5 Å². The summed E-state index contributed by atoms with van der Waals surface area (Å²) in [6.07, 6.45) is 6.90. The Morgan fingerprint density at radius 3 is 2.15 bits per heavy atom. The molecule has 2 aromatic carbocycles. The van der Waals surface area contributed by atoms with Gasteiger partial charge in [0.25, 0.3) is 0 Å². The van der Waals surface area contributed by atoms with Crippen LogP contribution in [0, 0.1) is 0 Å². The zero-order chi connectivity index (χ0) is 18.9. The van der Waals surface area contributed by atoms with Crippen LogP contribution in [-0.4, -0.2) is 23.2 Å². The zero-order valence-electron chi connectivity index (χ0n) is 16.0. The molecule has 4 heteroatoms. The molecule has 0 amide bonds. The summed E-state index contributed by atoms with van der Waals surface area (Å²) in [5.74, 6) is 2.44. The van der Waals surface area contributed by atoms with Gasteiger partial charge < -0.3 is 9.47 Å². The number of rotatable bonds is 9. The third kappa shape index (κ3) is 5.30. The first kappa shape index (κ1) is 18.9. The van der Waals surface area contributed by atoms with Crippen LogP contribution in [0.4, 0.5) is 0 Å². The molecule has 0 aliphatic heterocycles. The van der Waals surface area contributed by atoms with Gasteiger partial charge in [0.05, 0.1) is 13.2 Å². The summed E-state index contributed by atoms with van der Waals surface area (Å²) in [6.45, 7) is 5.72. The van der Waals surface area contributed by atoms with Crippen LogP contribution in [-0.2, 0) is 0 Å². The molecular weight excluding hydrogens is 336 g/mol. The van der Waals surface area contributed by atoms with E-state index in [1.165, 1.54) is 0 Å². The first-order valence-electron chi connectivity index (χ1n) is 9.58. The van der Waals surface area contributed by atoms with Gasteiger partial charge in [0.1, 0.15) is 11.5 Å². The Kier molecular flexibility index (Phi) is 6.80. The van der Waals surface area contributed by atoms with Crippen molar-refractivity contribution in [2.45, 2.75) is 33.1 Å². The molecule has 0 saturated carbocycles. The van der Waals surface area contributed by atoms with Crippen LogP contribution < -0.4 is 9.47 Å². The average molecular weight is 362 g/mol. The number of ether oxygens (including phenoxy) is 2. The van der Waals surface area contributed by atoms with Gasteiger partial charge in [-0.2, -0.15) is 0 Å². The summed E-state index contributed by atoms with van der Waals surface area (Å²) >= 11 is 0. The molecule has 0 unspecified atom stereocenters.